The molecule has 2 aromatic carbocycles. The molecule has 0 N–H and O–H groups in total. The molecule has 1 heterocycles. The van der Waals surface area contributed by atoms with Crippen LogP contribution in [0.3, 0.4) is 0 Å². The van der Waals surface area contributed by atoms with Gasteiger partial charge in [-0.1, -0.05) is 47.5 Å². The maximum Gasteiger partial charge on any atom is 0.156 e. The summed E-state index contributed by atoms with van der Waals surface area (Å²) in [5.74, 6) is 1.36. The number of pyridine rings is 1. The molecular weight excluding hydrogens is 357 g/mol. The fraction of sp³-hybridized carbons (Fsp3) is 0.250. The average molecular weight is 376 g/mol. The number of rotatable bonds is 7. The molecular formula is C20H19Cl2NO2. The first-order chi connectivity index (χ1) is 12.1. The van der Waals surface area contributed by atoms with Gasteiger partial charge in [0.2, 0.25) is 0 Å². The summed E-state index contributed by atoms with van der Waals surface area (Å²) in [7, 11) is 0. The maximum absolute atomic E-state index is 6.08. The van der Waals surface area contributed by atoms with E-state index in [9.17, 15) is 0 Å². The summed E-state index contributed by atoms with van der Waals surface area (Å²) in [4.78, 5) is 4.57. The maximum atomic E-state index is 6.08. The number of halogens is 2. The van der Waals surface area contributed by atoms with Gasteiger partial charge in [0.05, 0.1) is 23.3 Å². The number of para-hydroxylation sites is 2. The van der Waals surface area contributed by atoms with Crippen LogP contribution in [0.25, 0.3) is 10.9 Å². The van der Waals surface area contributed by atoms with Gasteiger partial charge in [-0.2, -0.15) is 0 Å². The second-order valence-corrected chi connectivity index (χ2v) is 6.55. The Morgan fingerprint density at radius 1 is 0.840 bits per heavy atom. The summed E-state index contributed by atoms with van der Waals surface area (Å²) in [5, 5.41) is 2.14. The second-order valence-electron chi connectivity index (χ2n) is 5.74. The zero-order valence-electron chi connectivity index (χ0n) is 14.0. The molecule has 3 aromatic rings. The molecule has 0 spiro atoms. The highest BCUT2D eigenvalue weighted by atomic mass is 35.5. The van der Waals surface area contributed by atoms with Gasteiger partial charge in [-0.15, -0.1) is 0 Å². The van der Waals surface area contributed by atoms with Gasteiger partial charge in [-0.05, 0) is 44.0 Å². The zero-order valence-corrected chi connectivity index (χ0v) is 15.5. The summed E-state index contributed by atoms with van der Waals surface area (Å²) in [6.07, 6.45) is 1.71. The molecule has 130 valence electrons. The van der Waals surface area contributed by atoms with Gasteiger partial charge in [0, 0.05) is 11.1 Å². The highest BCUT2D eigenvalue weighted by molar-refractivity contribution is 6.37. The molecule has 0 saturated heterocycles. The second kappa shape index (κ2) is 8.41. The number of nitrogens with zero attached hydrogens (tertiary/aromatic N) is 1. The van der Waals surface area contributed by atoms with E-state index >= 15 is 0 Å². The van der Waals surface area contributed by atoms with Crippen LogP contribution in [0, 0.1) is 6.92 Å². The fourth-order valence-electron chi connectivity index (χ4n) is 2.51. The minimum atomic E-state index is 0.529. The van der Waals surface area contributed by atoms with Crippen LogP contribution in [0.2, 0.25) is 10.0 Å². The number of hydrogen-bond acceptors (Lipinski definition) is 3. The van der Waals surface area contributed by atoms with Crippen molar-refractivity contribution in [3.05, 3.63) is 64.3 Å². The lowest BCUT2D eigenvalue weighted by Gasteiger charge is -2.11. The number of fused-ring (bicyclic) bond motifs is 1. The monoisotopic (exact) mass is 375 g/mol. The van der Waals surface area contributed by atoms with E-state index in [2.05, 4.69) is 11.1 Å². The molecule has 25 heavy (non-hydrogen) atoms. The summed E-state index contributed by atoms with van der Waals surface area (Å²) in [6, 6.07) is 15.4. The molecule has 1 aromatic heterocycles. The Balaban J connectivity index is 1.49. The highest BCUT2D eigenvalue weighted by Gasteiger charge is 2.07. The Hall–Kier alpha value is -1.97. The van der Waals surface area contributed by atoms with Crippen molar-refractivity contribution in [2.24, 2.45) is 0 Å². The van der Waals surface area contributed by atoms with Crippen molar-refractivity contribution < 1.29 is 9.47 Å². The fourth-order valence-corrected chi connectivity index (χ4v) is 3.02. The van der Waals surface area contributed by atoms with Crippen molar-refractivity contribution in [2.45, 2.75) is 19.8 Å². The Labute approximate surface area is 157 Å². The van der Waals surface area contributed by atoms with Gasteiger partial charge in [0.15, 0.2) is 5.75 Å². The van der Waals surface area contributed by atoms with E-state index in [-0.39, 0.29) is 0 Å². The lowest BCUT2D eigenvalue weighted by atomic mass is 10.2. The standard InChI is InChI=1S/C20H19Cl2NO2/c1-14-10-11-15-6-4-9-18(19(15)23-14)24-12-2-3-13-25-20-16(21)7-5-8-17(20)22/h4-11H,2-3,12-13H2,1H3. The molecule has 0 fully saturated rings. The quantitative estimate of drug-likeness (QED) is 0.468. The average Bonchev–Trinajstić information content (AvgIpc) is 2.60. The summed E-state index contributed by atoms with van der Waals surface area (Å²) in [5.41, 5.74) is 1.88. The van der Waals surface area contributed by atoms with Crippen molar-refractivity contribution in [1.29, 1.82) is 0 Å². The topological polar surface area (TPSA) is 31.4 Å². The van der Waals surface area contributed by atoms with E-state index in [1.54, 1.807) is 18.2 Å². The Morgan fingerprint density at radius 2 is 1.52 bits per heavy atom. The van der Waals surface area contributed by atoms with E-state index in [0.29, 0.717) is 29.0 Å². The molecule has 0 saturated carbocycles. The van der Waals surface area contributed by atoms with E-state index < -0.39 is 0 Å². The van der Waals surface area contributed by atoms with Crippen molar-refractivity contribution in [1.82, 2.24) is 4.98 Å². The Bertz CT molecular complexity index is 847. The van der Waals surface area contributed by atoms with E-state index in [0.717, 1.165) is 35.2 Å². The number of ether oxygens (including phenoxy) is 2. The lowest BCUT2D eigenvalue weighted by molar-refractivity contribution is 0.268. The van der Waals surface area contributed by atoms with Crippen LogP contribution in [-0.2, 0) is 0 Å². The van der Waals surface area contributed by atoms with Crippen molar-refractivity contribution >= 4 is 34.1 Å². The number of aromatic nitrogens is 1. The van der Waals surface area contributed by atoms with Gasteiger partial charge < -0.3 is 9.47 Å². The van der Waals surface area contributed by atoms with Crippen LogP contribution >= 0.6 is 23.2 Å². The van der Waals surface area contributed by atoms with Crippen LogP contribution in [0.4, 0.5) is 0 Å². The Morgan fingerprint density at radius 3 is 2.28 bits per heavy atom. The van der Waals surface area contributed by atoms with Gasteiger partial charge in [-0.3, -0.25) is 0 Å². The molecule has 5 heteroatoms. The number of unbranched alkanes of at least 4 members (excludes halogenated alkanes) is 1. The summed E-state index contributed by atoms with van der Waals surface area (Å²) < 4.78 is 11.6. The van der Waals surface area contributed by atoms with Crippen molar-refractivity contribution in [3.63, 3.8) is 0 Å². The minimum Gasteiger partial charge on any atom is -0.491 e. The molecule has 0 aliphatic heterocycles. The first-order valence-corrected chi connectivity index (χ1v) is 8.97. The molecule has 3 rings (SSSR count). The van der Waals surface area contributed by atoms with Crippen molar-refractivity contribution in [3.8, 4) is 11.5 Å². The van der Waals surface area contributed by atoms with E-state index in [1.165, 1.54) is 0 Å². The van der Waals surface area contributed by atoms with E-state index in [4.69, 9.17) is 32.7 Å². The van der Waals surface area contributed by atoms with Gasteiger partial charge in [-0.25, -0.2) is 4.98 Å². The van der Waals surface area contributed by atoms with Gasteiger partial charge in [0.25, 0.3) is 0 Å². The molecule has 0 amide bonds. The van der Waals surface area contributed by atoms with Crippen LogP contribution in [0.5, 0.6) is 11.5 Å². The van der Waals surface area contributed by atoms with Crippen LogP contribution in [0.15, 0.2) is 48.5 Å². The molecule has 0 radical (unpaired) electrons. The molecule has 0 unspecified atom stereocenters. The van der Waals surface area contributed by atoms with Crippen LogP contribution < -0.4 is 9.47 Å². The third-order valence-electron chi connectivity index (χ3n) is 3.78. The first kappa shape index (κ1) is 17.8. The normalized spacial score (nSPS) is 10.8. The third kappa shape index (κ3) is 4.56. The molecule has 0 atom stereocenters. The predicted molar refractivity (Wildman–Crippen MR) is 103 cm³/mol. The summed E-state index contributed by atoms with van der Waals surface area (Å²) >= 11 is 12.2. The van der Waals surface area contributed by atoms with Crippen LogP contribution in [0.1, 0.15) is 18.5 Å². The zero-order chi connectivity index (χ0) is 17.6. The van der Waals surface area contributed by atoms with Gasteiger partial charge >= 0.3 is 0 Å². The third-order valence-corrected chi connectivity index (χ3v) is 4.38. The van der Waals surface area contributed by atoms with E-state index in [1.807, 2.05) is 31.2 Å². The van der Waals surface area contributed by atoms with Crippen molar-refractivity contribution in [2.75, 3.05) is 13.2 Å². The smallest absolute Gasteiger partial charge is 0.156 e. The van der Waals surface area contributed by atoms with Crippen LogP contribution in [-0.4, -0.2) is 18.2 Å². The molecule has 0 bridgehead atoms. The number of aryl methyl sites for hydroxylation is 1. The predicted octanol–water partition coefficient (Wildman–Crippen LogP) is 6.09. The first-order valence-electron chi connectivity index (χ1n) is 8.21. The van der Waals surface area contributed by atoms with Gasteiger partial charge in [0.1, 0.15) is 11.3 Å². The Kier molecular flexibility index (Phi) is 6.00. The number of benzene rings is 2. The molecule has 0 aliphatic rings. The molecule has 3 nitrogen and oxygen atoms in total. The number of hydrogen-bond donors (Lipinski definition) is 0. The molecule has 0 aliphatic carbocycles. The highest BCUT2D eigenvalue weighted by Crippen LogP contribution is 2.32. The summed E-state index contributed by atoms with van der Waals surface area (Å²) in [6.45, 7) is 3.13. The SMILES string of the molecule is Cc1ccc2cccc(OCCCCOc3c(Cl)cccc3Cl)c2n1. The lowest BCUT2D eigenvalue weighted by Crippen LogP contribution is -2.03. The largest absolute Gasteiger partial charge is 0.491 e. The minimum absolute atomic E-state index is 0.529.